The number of halogens is 1. The van der Waals surface area contributed by atoms with Gasteiger partial charge in [-0.15, -0.1) is 0 Å². The zero-order valence-corrected chi connectivity index (χ0v) is 25.3. The van der Waals surface area contributed by atoms with E-state index >= 15 is 0 Å². The lowest BCUT2D eigenvalue weighted by Gasteiger charge is -2.14. The molecule has 1 saturated heterocycles. The van der Waals surface area contributed by atoms with Crippen LogP contribution < -0.4 is 4.74 Å². The van der Waals surface area contributed by atoms with Crippen LogP contribution in [-0.2, 0) is 11.4 Å². The molecule has 3 aromatic carbocycles. The monoisotopic (exact) mass is 599 g/mol. The van der Waals surface area contributed by atoms with E-state index in [1.807, 2.05) is 71.6 Å². The standard InChI is InChI=1S/C34H34FN3O2S2/c1-2-3-4-5-6-10-20-37-33(39)31(42-34(37)41)22-27-23-38(29-13-8-7-9-14-29)36-32(27)26-12-11-15-30(21-26)40-24-25-16-18-28(35)19-17-25/h7-9,11-19,21-23H,2-6,10,20,24H2,1H3. The van der Waals surface area contributed by atoms with Crippen LogP contribution in [0.4, 0.5) is 4.39 Å². The predicted molar refractivity (Wildman–Crippen MR) is 173 cm³/mol. The molecule has 1 aliphatic rings. The summed E-state index contributed by atoms with van der Waals surface area (Å²) in [5.41, 5.74) is 4.19. The fourth-order valence-electron chi connectivity index (χ4n) is 4.79. The number of aromatic nitrogens is 2. The van der Waals surface area contributed by atoms with E-state index in [0.29, 0.717) is 28.1 Å². The number of carbonyl (C=O) groups is 1. The number of benzene rings is 3. The van der Waals surface area contributed by atoms with Crippen molar-refractivity contribution in [3.63, 3.8) is 0 Å². The van der Waals surface area contributed by atoms with Gasteiger partial charge in [-0.2, -0.15) is 5.10 Å². The van der Waals surface area contributed by atoms with Crippen LogP contribution in [-0.4, -0.2) is 31.5 Å². The smallest absolute Gasteiger partial charge is 0.266 e. The van der Waals surface area contributed by atoms with Crippen molar-refractivity contribution in [2.75, 3.05) is 6.54 Å². The Morgan fingerprint density at radius 3 is 2.50 bits per heavy atom. The van der Waals surface area contributed by atoms with E-state index in [0.717, 1.165) is 40.9 Å². The maximum absolute atomic E-state index is 13.4. The second-order valence-electron chi connectivity index (χ2n) is 10.3. The number of ether oxygens (including phenoxy) is 1. The van der Waals surface area contributed by atoms with Gasteiger partial charge in [-0.1, -0.05) is 105 Å². The largest absolute Gasteiger partial charge is 0.489 e. The molecule has 0 radical (unpaired) electrons. The molecule has 0 atom stereocenters. The molecule has 1 aromatic heterocycles. The van der Waals surface area contributed by atoms with E-state index in [4.69, 9.17) is 22.1 Å². The molecule has 1 amide bonds. The number of rotatable bonds is 13. The number of para-hydroxylation sites is 1. The molecule has 0 saturated carbocycles. The third-order valence-electron chi connectivity index (χ3n) is 7.08. The molecule has 8 heteroatoms. The first-order valence-electron chi connectivity index (χ1n) is 14.4. The van der Waals surface area contributed by atoms with Crippen molar-refractivity contribution in [1.82, 2.24) is 14.7 Å². The molecule has 0 spiro atoms. The fourth-order valence-corrected chi connectivity index (χ4v) is 6.09. The molecule has 5 nitrogen and oxygen atoms in total. The number of thioether (sulfide) groups is 1. The quantitative estimate of drug-likeness (QED) is 0.0873. The fraction of sp³-hybridized carbons (Fsp3) is 0.265. The van der Waals surface area contributed by atoms with Crippen molar-refractivity contribution in [3.05, 3.63) is 107 Å². The van der Waals surface area contributed by atoms with Crippen molar-refractivity contribution < 1.29 is 13.9 Å². The summed E-state index contributed by atoms with van der Waals surface area (Å²) in [5.74, 6) is 0.345. The van der Waals surface area contributed by atoms with Crippen LogP contribution in [0.3, 0.4) is 0 Å². The van der Waals surface area contributed by atoms with Gasteiger partial charge in [0, 0.05) is 23.9 Å². The van der Waals surface area contributed by atoms with Gasteiger partial charge in [-0.05, 0) is 54.5 Å². The molecule has 0 N–H and O–H groups in total. The van der Waals surface area contributed by atoms with Crippen molar-refractivity contribution >= 4 is 40.3 Å². The molecule has 1 aliphatic heterocycles. The summed E-state index contributed by atoms with van der Waals surface area (Å²) in [6, 6.07) is 23.9. The molecular formula is C34H34FN3O2S2. The zero-order chi connectivity index (χ0) is 29.3. The molecule has 5 rings (SSSR count). The second-order valence-corrected chi connectivity index (χ2v) is 11.9. The first kappa shape index (κ1) is 29.7. The molecule has 216 valence electrons. The molecule has 4 aromatic rings. The predicted octanol–water partition coefficient (Wildman–Crippen LogP) is 8.82. The van der Waals surface area contributed by atoms with Gasteiger partial charge < -0.3 is 4.74 Å². The highest BCUT2D eigenvalue weighted by Crippen LogP contribution is 2.35. The van der Waals surface area contributed by atoms with Gasteiger partial charge in [0.05, 0.1) is 10.6 Å². The number of amides is 1. The van der Waals surface area contributed by atoms with Gasteiger partial charge in [0.15, 0.2) is 0 Å². The van der Waals surface area contributed by atoms with Crippen molar-refractivity contribution in [1.29, 1.82) is 0 Å². The lowest BCUT2D eigenvalue weighted by Crippen LogP contribution is -2.29. The van der Waals surface area contributed by atoms with Gasteiger partial charge in [0.2, 0.25) is 0 Å². The minimum atomic E-state index is -0.276. The Balaban J connectivity index is 1.38. The Morgan fingerprint density at radius 2 is 1.71 bits per heavy atom. The highest BCUT2D eigenvalue weighted by Gasteiger charge is 2.32. The van der Waals surface area contributed by atoms with Crippen molar-refractivity contribution in [3.8, 4) is 22.7 Å². The van der Waals surface area contributed by atoms with Crippen molar-refractivity contribution in [2.24, 2.45) is 0 Å². The number of nitrogens with zero attached hydrogens (tertiary/aromatic N) is 3. The normalized spacial score (nSPS) is 14.2. The first-order chi connectivity index (χ1) is 20.5. The summed E-state index contributed by atoms with van der Waals surface area (Å²) in [6.45, 7) is 3.18. The van der Waals surface area contributed by atoms with E-state index in [1.165, 1.54) is 49.6 Å². The highest BCUT2D eigenvalue weighted by molar-refractivity contribution is 8.26. The SMILES string of the molecule is CCCCCCCCN1C(=O)C(=Cc2cn(-c3ccccc3)nc2-c2cccc(OCc3ccc(F)cc3)c2)SC1=S. The molecule has 0 aliphatic carbocycles. The Kier molecular flexibility index (Phi) is 10.2. The van der Waals surface area contributed by atoms with E-state index in [2.05, 4.69) is 6.92 Å². The number of hydrogen-bond acceptors (Lipinski definition) is 5. The maximum atomic E-state index is 13.4. The Bertz CT molecular complexity index is 1550. The topological polar surface area (TPSA) is 47.4 Å². The van der Waals surface area contributed by atoms with Crippen LogP contribution in [0, 0.1) is 5.82 Å². The van der Waals surface area contributed by atoms with Gasteiger partial charge >= 0.3 is 0 Å². The second kappa shape index (κ2) is 14.4. The first-order valence-corrected chi connectivity index (χ1v) is 15.6. The molecule has 1 fully saturated rings. The zero-order valence-electron chi connectivity index (χ0n) is 23.7. The molecule has 42 heavy (non-hydrogen) atoms. The van der Waals surface area contributed by atoms with Crippen molar-refractivity contribution in [2.45, 2.75) is 52.1 Å². The van der Waals surface area contributed by atoms with Crippen LogP contribution in [0.1, 0.15) is 56.6 Å². The van der Waals surface area contributed by atoms with E-state index in [-0.39, 0.29) is 11.7 Å². The summed E-state index contributed by atoms with van der Waals surface area (Å²) in [4.78, 5) is 15.7. The van der Waals surface area contributed by atoms with Crippen LogP contribution in [0.5, 0.6) is 5.75 Å². The summed E-state index contributed by atoms with van der Waals surface area (Å²) in [7, 11) is 0. The lowest BCUT2D eigenvalue weighted by molar-refractivity contribution is -0.122. The van der Waals surface area contributed by atoms with Gasteiger partial charge in [-0.25, -0.2) is 9.07 Å². The molecule has 0 bridgehead atoms. The van der Waals surface area contributed by atoms with Crippen LogP contribution in [0.25, 0.3) is 23.0 Å². The molecule has 0 unspecified atom stereocenters. The van der Waals surface area contributed by atoms with Crippen LogP contribution in [0.15, 0.2) is 90.0 Å². The number of thiocarbonyl (C=S) groups is 1. The Labute approximate surface area is 256 Å². The van der Waals surface area contributed by atoms with E-state index in [1.54, 1.807) is 17.0 Å². The average molecular weight is 600 g/mol. The summed E-state index contributed by atoms with van der Waals surface area (Å²) < 4.78 is 21.7. The number of carbonyl (C=O) groups excluding carboxylic acids is 1. The minimum Gasteiger partial charge on any atom is -0.489 e. The van der Waals surface area contributed by atoms with E-state index in [9.17, 15) is 9.18 Å². The summed E-state index contributed by atoms with van der Waals surface area (Å²) in [6.07, 6.45) is 10.8. The van der Waals surface area contributed by atoms with Crippen LogP contribution in [0.2, 0.25) is 0 Å². The highest BCUT2D eigenvalue weighted by atomic mass is 32.2. The Hall–Kier alpha value is -3.75. The van der Waals surface area contributed by atoms with E-state index < -0.39 is 0 Å². The van der Waals surface area contributed by atoms with Crippen LogP contribution >= 0.6 is 24.0 Å². The van der Waals surface area contributed by atoms with Gasteiger partial charge in [0.1, 0.15) is 28.2 Å². The third kappa shape index (κ3) is 7.55. The Morgan fingerprint density at radius 1 is 0.952 bits per heavy atom. The number of hydrogen-bond donors (Lipinski definition) is 0. The number of unbranched alkanes of at least 4 members (excludes halogenated alkanes) is 5. The van der Waals surface area contributed by atoms with Gasteiger partial charge in [-0.3, -0.25) is 9.69 Å². The average Bonchev–Trinajstić information content (AvgIpc) is 3.55. The maximum Gasteiger partial charge on any atom is 0.266 e. The summed E-state index contributed by atoms with van der Waals surface area (Å²) >= 11 is 6.95. The van der Waals surface area contributed by atoms with Gasteiger partial charge in [0.25, 0.3) is 5.91 Å². The molecule has 2 heterocycles. The minimum absolute atomic E-state index is 0.0478. The third-order valence-corrected chi connectivity index (χ3v) is 8.46. The molecular weight excluding hydrogens is 566 g/mol. The lowest BCUT2D eigenvalue weighted by atomic mass is 10.1. The summed E-state index contributed by atoms with van der Waals surface area (Å²) in [5, 5.41) is 4.92.